The van der Waals surface area contributed by atoms with Gasteiger partial charge >= 0.3 is 15.4 Å². The molecule has 6 heteroatoms. The molecule has 110 valence electrons. The van der Waals surface area contributed by atoms with Crippen molar-refractivity contribution in [1.82, 2.24) is 0 Å². The van der Waals surface area contributed by atoms with Gasteiger partial charge in [0.25, 0.3) is 0 Å². The first kappa shape index (κ1) is 13.7. The van der Waals surface area contributed by atoms with Crippen LogP contribution in [0.1, 0.15) is 44.9 Å². The third kappa shape index (κ3) is 2.42. The maximum Gasteiger partial charge on any atom is 0.370 e. The summed E-state index contributed by atoms with van der Waals surface area (Å²) in [5.41, 5.74) is 0. The van der Waals surface area contributed by atoms with Crippen LogP contribution in [0.3, 0.4) is 0 Å². The molecule has 0 atom stereocenters. The van der Waals surface area contributed by atoms with Crippen LogP contribution in [0.25, 0.3) is 0 Å². The first-order valence-electron chi connectivity index (χ1n) is 7.11. The van der Waals surface area contributed by atoms with Crippen molar-refractivity contribution in [2.45, 2.75) is 50.2 Å². The Bertz CT molecular complexity index is 433. The van der Waals surface area contributed by atoms with Crippen LogP contribution in [0.5, 0.6) is 0 Å². The van der Waals surface area contributed by atoms with Gasteiger partial charge in [0.05, 0.1) is 0 Å². The lowest BCUT2D eigenvalue weighted by Gasteiger charge is -2.54. The molecule has 0 saturated heterocycles. The third-order valence-electron chi connectivity index (χ3n) is 5.57. The van der Waals surface area contributed by atoms with E-state index in [4.69, 9.17) is 4.55 Å². The van der Waals surface area contributed by atoms with Crippen LogP contribution >= 0.6 is 0 Å². The molecule has 4 bridgehead atoms. The molecule has 0 aromatic carbocycles. The monoisotopic (exact) mass is 294 g/mol. The Hall–Kier alpha value is -0.230. The second-order valence-electron chi connectivity index (χ2n) is 6.75. The summed E-state index contributed by atoms with van der Waals surface area (Å²) in [7, 11) is -5.26. The normalized spacial score (nSPS) is 41.7. The molecule has 0 unspecified atom stereocenters. The van der Waals surface area contributed by atoms with Crippen molar-refractivity contribution >= 4 is 10.1 Å². The Kier molecular flexibility index (Phi) is 3.17. The molecule has 0 aromatic heterocycles. The molecule has 4 aliphatic carbocycles. The van der Waals surface area contributed by atoms with Gasteiger partial charge in [0.2, 0.25) is 0 Å². The molecule has 19 heavy (non-hydrogen) atoms. The Labute approximate surface area is 112 Å². The van der Waals surface area contributed by atoms with Gasteiger partial charge in [0.15, 0.2) is 0 Å². The SMILES string of the molecule is O=S(=O)(O)C(F)(F)CCC1C2CC3CC(C2)CC1C3. The molecule has 4 fully saturated rings. The average Bonchev–Trinajstić information content (AvgIpc) is 2.25. The Balaban J connectivity index is 1.65. The summed E-state index contributed by atoms with van der Waals surface area (Å²) in [5.74, 6) is 2.81. The van der Waals surface area contributed by atoms with Gasteiger partial charge in [-0.15, -0.1) is 0 Å². The third-order valence-corrected chi connectivity index (χ3v) is 6.53. The van der Waals surface area contributed by atoms with E-state index < -0.39 is 21.8 Å². The van der Waals surface area contributed by atoms with Gasteiger partial charge in [-0.2, -0.15) is 17.2 Å². The highest BCUT2D eigenvalue weighted by Gasteiger charge is 2.50. The van der Waals surface area contributed by atoms with E-state index in [1.165, 1.54) is 6.42 Å². The van der Waals surface area contributed by atoms with Crippen molar-refractivity contribution in [1.29, 1.82) is 0 Å². The minimum atomic E-state index is -5.26. The van der Waals surface area contributed by atoms with Crippen molar-refractivity contribution in [3.8, 4) is 0 Å². The summed E-state index contributed by atoms with van der Waals surface area (Å²) < 4.78 is 56.4. The molecule has 3 nitrogen and oxygen atoms in total. The van der Waals surface area contributed by atoms with E-state index in [-0.39, 0.29) is 12.3 Å². The maximum absolute atomic E-state index is 13.3. The fourth-order valence-electron chi connectivity index (χ4n) is 4.97. The number of rotatable bonds is 4. The first-order chi connectivity index (χ1) is 8.76. The molecule has 0 aliphatic heterocycles. The average molecular weight is 294 g/mol. The zero-order valence-electron chi connectivity index (χ0n) is 10.8. The zero-order chi connectivity index (χ0) is 13.8. The second kappa shape index (κ2) is 4.38. The molecular weight excluding hydrogens is 274 g/mol. The molecule has 0 spiro atoms. The number of hydrogen-bond acceptors (Lipinski definition) is 2. The summed E-state index contributed by atoms with van der Waals surface area (Å²) >= 11 is 0. The molecule has 1 N–H and O–H groups in total. The number of halogens is 2. The van der Waals surface area contributed by atoms with E-state index in [1.54, 1.807) is 0 Å². The van der Waals surface area contributed by atoms with Crippen molar-refractivity contribution in [3.05, 3.63) is 0 Å². The lowest BCUT2D eigenvalue weighted by atomic mass is 9.51. The van der Waals surface area contributed by atoms with Crippen LogP contribution in [0.15, 0.2) is 0 Å². The lowest BCUT2D eigenvalue weighted by Crippen LogP contribution is -2.45. The largest absolute Gasteiger partial charge is 0.370 e. The van der Waals surface area contributed by atoms with E-state index in [2.05, 4.69) is 0 Å². The molecule has 4 saturated carbocycles. The zero-order valence-corrected chi connectivity index (χ0v) is 11.6. The maximum atomic E-state index is 13.3. The van der Waals surface area contributed by atoms with Gasteiger partial charge in [-0.1, -0.05) is 0 Å². The molecular formula is C13H20F2O3S. The predicted molar refractivity (Wildman–Crippen MR) is 66.3 cm³/mol. The quantitative estimate of drug-likeness (QED) is 0.809. The van der Waals surface area contributed by atoms with Crippen molar-refractivity contribution in [2.75, 3.05) is 0 Å². The van der Waals surface area contributed by atoms with Crippen molar-refractivity contribution in [3.63, 3.8) is 0 Å². The van der Waals surface area contributed by atoms with Gasteiger partial charge in [0.1, 0.15) is 0 Å². The highest BCUT2D eigenvalue weighted by molar-refractivity contribution is 7.86. The Morgan fingerprint density at radius 2 is 1.47 bits per heavy atom. The van der Waals surface area contributed by atoms with E-state index in [9.17, 15) is 17.2 Å². The van der Waals surface area contributed by atoms with Crippen molar-refractivity contribution < 1.29 is 21.8 Å². The van der Waals surface area contributed by atoms with E-state index in [1.807, 2.05) is 0 Å². The van der Waals surface area contributed by atoms with Crippen LogP contribution in [-0.2, 0) is 10.1 Å². The smallest absolute Gasteiger partial charge is 0.281 e. The summed E-state index contributed by atoms with van der Waals surface area (Å²) in [4.78, 5) is 0. The van der Waals surface area contributed by atoms with Crippen LogP contribution in [-0.4, -0.2) is 18.2 Å². The topological polar surface area (TPSA) is 54.4 Å². The minimum Gasteiger partial charge on any atom is -0.281 e. The number of hydrogen-bond donors (Lipinski definition) is 1. The van der Waals surface area contributed by atoms with E-state index in [0.717, 1.165) is 37.5 Å². The Morgan fingerprint density at radius 1 is 1.00 bits per heavy atom. The molecule has 0 aromatic rings. The summed E-state index contributed by atoms with van der Waals surface area (Å²) in [5, 5.41) is -3.98. The van der Waals surface area contributed by atoms with Gasteiger partial charge in [-0.25, -0.2) is 0 Å². The first-order valence-corrected chi connectivity index (χ1v) is 8.55. The predicted octanol–water partition coefficient (Wildman–Crippen LogP) is 3.32. The summed E-state index contributed by atoms with van der Waals surface area (Å²) in [6.45, 7) is 0. The summed E-state index contributed by atoms with van der Waals surface area (Å²) in [6, 6.07) is 0. The number of alkyl halides is 2. The Morgan fingerprint density at radius 3 is 1.89 bits per heavy atom. The van der Waals surface area contributed by atoms with Crippen LogP contribution in [0.2, 0.25) is 0 Å². The van der Waals surface area contributed by atoms with Gasteiger partial charge < -0.3 is 0 Å². The van der Waals surface area contributed by atoms with Crippen LogP contribution in [0.4, 0.5) is 8.78 Å². The fraction of sp³-hybridized carbons (Fsp3) is 1.00. The minimum absolute atomic E-state index is 0.224. The summed E-state index contributed by atoms with van der Waals surface area (Å²) in [6.07, 6.45) is 5.33. The van der Waals surface area contributed by atoms with E-state index >= 15 is 0 Å². The highest BCUT2D eigenvalue weighted by Crippen LogP contribution is 2.58. The standard InChI is InChI=1S/C13H20F2O3S/c14-13(15,19(16,17)18)2-1-12-10-4-8-3-9(6-10)7-11(12)5-8/h8-12H,1-7H2,(H,16,17,18). The lowest BCUT2D eigenvalue weighted by molar-refractivity contribution is -0.0491. The van der Waals surface area contributed by atoms with Crippen LogP contribution in [0, 0.1) is 29.6 Å². The second-order valence-corrected chi connectivity index (χ2v) is 8.29. The van der Waals surface area contributed by atoms with Gasteiger partial charge in [0, 0.05) is 6.42 Å². The molecule has 4 rings (SSSR count). The molecule has 0 amide bonds. The fourth-order valence-corrected chi connectivity index (χ4v) is 5.35. The van der Waals surface area contributed by atoms with Gasteiger partial charge in [-0.3, -0.25) is 4.55 Å². The van der Waals surface area contributed by atoms with E-state index in [0.29, 0.717) is 11.8 Å². The van der Waals surface area contributed by atoms with Crippen molar-refractivity contribution in [2.24, 2.45) is 29.6 Å². The van der Waals surface area contributed by atoms with Gasteiger partial charge in [-0.05, 0) is 68.1 Å². The van der Waals surface area contributed by atoms with Crippen LogP contribution < -0.4 is 0 Å². The highest BCUT2D eigenvalue weighted by atomic mass is 32.2. The molecule has 0 heterocycles. The molecule has 4 aliphatic rings. The molecule has 0 radical (unpaired) electrons.